The molecule has 1 saturated carbocycles. The molecule has 2 atom stereocenters. The average Bonchev–Trinajstić information content (AvgIpc) is 2.15. The molecule has 1 rings (SSSR count). The van der Waals surface area contributed by atoms with Crippen LogP contribution in [0.25, 0.3) is 0 Å². The summed E-state index contributed by atoms with van der Waals surface area (Å²) in [6.45, 7) is 6.78. The Kier molecular flexibility index (Phi) is 4.43. The Morgan fingerprint density at radius 3 is 2.21 bits per heavy atom. The van der Waals surface area contributed by atoms with Crippen molar-refractivity contribution in [3.8, 4) is 0 Å². The molecule has 0 saturated heterocycles. The SMILES string of the molecule is CC1CCCCCC(C(C)(C)N)CC1. The van der Waals surface area contributed by atoms with Crippen LogP contribution in [0.4, 0.5) is 0 Å². The first-order valence-electron chi connectivity index (χ1n) is 6.29. The first-order valence-corrected chi connectivity index (χ1v) is 6.29. The number of hydrogen-bond acceptors (Lipinski definition) is 1. The average molecular weight is 197 g/mol. The van der Waals surface area contributed by atoms with Crippen LogP contribution >= 0.6 is 0 Å². The lowest BCUT2D eigenvalue weighted by molar-refractivity contribution is 0.265. The van der Waals surface area contributed by atoms with Gasteiger partial charge in [-0.15, -0.1) is 0 Å². The molecular formula is C13H27N. The van der Waals surface area contributed by atoms with E-state index < -0.39 is 0 Å². The Labute approximate surface area is 89.5 Å². The molecule has 1 heteroatoms. The van der Waals surface area contributed by atoms with Gasteiger partial charge >= 0.3 is 0 Å². The van der Waals surface area contributed by atoms with E-state index in [1.54, 1.807) is 0 Å². The van der Waals surface area contributed by atoms with Crippen molar-refractivity contribution in [1.82, 2.24) is 0 Å². The fourth-order valence-electron chi connectivity index (χ4n) is 2.58. The molecule has 0 aromatic rings. The molecule has 0 radical (unpaired) electrons. The predicted molar refractivity (Wildman–Crippen MR) is 63.2 cm³/mol. The summed E-state index contributed by atoms with van der Waals surface area (Å²) in [5.74, 6) is 1.65. The Hall–Kier alpha value is -0.0400. The molecule has 14 heavy (non-hydrogen) atoms. The molecule has 2 unspecified atom stereocenters. The Morgan fingerprint density at radius 2 is 1.57 bits per heavy atom. The molecule has 1 fully saturated rings. The number of hydrogen-bond donors (Lipinski definition) is 1. The van der Waals surface area contributed by atoms with Gasteiger partial charge in [-0.2, -0.15) is 0 Å². The largest absolute Gasteiger partial charge is 0.325 e. The van der Waals surface area contributed by atoms with Gasteiger partial charge in [-0.3, -0.25) is 0 Å². The molecule has 0 aromatic heterocycles. The molecule has 2 N–H and O–H groups in total. The van der Waals surface area contributed by atoms with Gasteiger partial charge in [0.25, 0.3) is 0 Å². The van der Waals surface area contributed by atoms with Crippen LogP contribution in [0.1, 0.15) is 65.7 Å². The topological polar surface area (TPSA) is 26.0 Å². The highest BCUT2D eigenvalue weighted by Gasteiger charge is 2.25. The van der Waals surface area contributed by atoms with E-state index in [1.165, 1.54) is 44.9 Å². The van der Waals surface area contributed by atoms with Crippen molar-refractivity contribution in [2.24, 2.45) is 17.6 Å². The van der Waals surface area contributed by atoms with Gasteiger partial charge in [-0.25, -0.2) is 0 Å². The smallest absolute Gasteiger partial charge is 0.0125 e. The maximum atomic E-state index is 6.23. The second-order valence-corrected chi connectivity index (χ2v) is 5.84. The molecule has 1 aliphatic carbocycles. The standard InChI is InChI=1S/C13H27N/c1-11-7-5-4-6-8-12(10-9-11)13(2,3)14/h11-12H,4-10,14H2,1-3H3. The van der Waals surface area contributed by atoms with Crippen molar-refractivity contribution in [1.29, 1.82) is 0 Å². The van der Waals surface area contributed by atoms with Gasteiger partial charge in [-0.1, -0.05) is 39.0 Å². The summed E-state index contributed by atoms with van der Waals surface area (Å²) in [6, 6.07) is 0. The van der Waals surface area contributed by atoms with Gasteiger partial charge < -0.3 is 5.73 Å². The van der Waals surface area contributed by atoms with Crippen molar-refractivity contribution in [3.63, 3.8) is 0 Å². The van der Waals surface area contributed by atoms with Crippen LogP contribution < -0.4 is 5.73 Å². The van der Waals surface area contributed by atoms with Crippen LogP contribution in [0.2, 0.25) is 0 Å². The third-order valence-corrected chi connectivity index (χ3v) is 3.81. The normalized spacial score (nSPS) is 31.7. The predicted octanol–water partition coefficient (Wildman–Crippen LogP) is 3.72. The zero-order chi connectivity index (χ0) is 10.6. The van der Waals surface area contributed by atoms with Gasteiger partial charge in [0.05, 0.1) is 0 Å². The lowest BCUT2D eigenvalue weighted by atomic mass is 9.80. The molecule has 0 aliphatic heterocycles. The van der Waals surface area contributed by atoms with Gasteiger partial charge in [0.1, 0.15) is 0 Å². The maximum Gasteiger partial charge on any atom is 0.0125 e. The molecule has 0 amide bonds. The summed E-state index contributed by atoms with van der Waals surface area (Å²) in [7, 11) is 0. The van der Waals surface area contributed by atoms with Gasteiger partial charge in [-0.05, 0) is 38.5 Å². The van der Waals surface area contributed by atoms with Gasteiger partial charge in [0, 0.05) is 5.54 Å². The first-order chi connectivity index (χ1) is 6.50. The van der Waals surface area contributed by atoms with Gasteiger partial charge in [0.2, 0.25) is 0 Å². The third kappa shape index (κ3) is 4.00. The monoisotopic (exact) mass is 197 g/mol. The summed E-state index contributed by atoms with van der Waals surface area (Å²) in [5, 5.41) is 0. The number of rotatable bonds is 1. The highest BCUT2D eigenvalue weighted by molar-refractivity contribution is 4.83. The van der Waals surface area contributed by atoms with Crippen LogP contribution in [0, 0.1) is 11.8 Å². The molecule has 1 nitrogen and oxygen atoms in total. The molecule has 0 heterocycles. The quantitative estimate of drug-likeness (QED) is 0.681. The van der Waals surface area contributed by atoms with E-state index in [0.29, 0.717) is 0 Å². The third-order valence-electron chi connectivity index (χ3n) is 3.81. The molecule has 1 aliphatic rings. The second-order valence-electron chi connectivity index (χ2n) is 5.84. The van der Waals surface area contributed by atoms with Crippen molar-refractivity contribution >= 4 is 0 Å². The van der Waals surface area contributed by atoms with Crippen molar-refractivity contribution < 1.29 is 0 Å². The Morgan fingerprint density at radius 1 is 0.929 bits per heavy atom. The molecular weight excluding hydrogens is 170 g/mol. The molecule has 84 valence electrons. The van der Waals surface area contributed by atoms with Crippen LogP contribution in [0.3, 0.4) is 0 Å². The van der Waals surface area contributed by atoms with E-state index in [1.807, 2.05) is 0 Å². The fraction of sp³-hybridized carbons (Fsp3) is 1.00. The number of nitrogens with two attached hydrogens (primary N) is 1. The Balaban J connectivity index is 2.49. The second kappa shape index (κ2) is 5.16. The lowest BCUT2D eigenvalue weighted by Gasteiger charge is -2.31. The summed E-state index contributed by atoms with van der Waals surface area (Å²) < 4.78 is 0. The summed E-state index contributed by atoms with van der Waals surface area (Å²) >= 11 is 0. The zero-order valence-corrected chi connectivity index (χ0v) is 10.2. The van der Waals surface area contributed by atoms with Crippen LogP contribution in [-0.2, 0) is 0 Å². The van der Waals surface area contributed by atoms with Crippen molar-refractivity contribution in [2.75, 3.05) is 0 Å². The molecule has 0 spiro atoms. The van der Waals surface area contributed by atoms with Crippen LogP contribution in [0.5, 0.6) is 0 Å². The Bertz CT molecular complexity index is 157. The van der Waals surface area contributed by atoms with E-state index in [-0.39, 0.29) is 5.54 Å². The van der Waals surface area contributed by atoms with E-state index in [4.69, 9.17) is 5.73 Å². The summed E-state index contributed by atoms with van der Waals surface area (Å²) in [4.78, 5) is 0. The van der Waals surface area contributed by atoms with Crippen LogP contribution in [0.15, 0.2) is 0 Å². The molecule has 0 aromatic carbocycles. The van der Waals surface area contributed by atoms with E-state index in [2.05, 4.69) is 20.8 Å². The minimum atomic E-state index is 0.0318. The fourth-order valence-corrected chi connectivity index (χ4v) is 2.58. The highest BCUT2D eigenvalue weighted by atomic mass is 14.7. The van der Waals surface area contributed by atoms with E-state index >= 15 is 0 Å². The zero-order valence-electron chi connectivity index (χ0n) is 10.2. The van der Waals surface area contributed by atoms with Gasteiger partial charge in [0.15, 0.2) is 0 Å². The minimum absolute atomic E-state index is 0.0318. The van der Waals surface area contributed by atoms with E-state index in [9.17, 15) is 0 Å². The van der Waals surface area contributed by atoms with Crippen molar-refractivity contribution in [2.45, 2.75) is 71.3 Å². The maximum absolute atomic E-state index is 6.23. The summed E-state index contributed by atoms with van der Waals surface area (Å²) in [6.07, 6.45) is 9.72. The van der Waals surface area contributed by atoms with Crippen LogP contribution in [-0.4, -0.2) is 5.54 Å². The minimum Gasteiger partial charge on any atom is -0.325 e. The highest BCUT2D eigenvalue weighted by Crippen LogP contribution is 2.30. The van der Waals surface area contributed by atoms with E-state index in [0.717, 1.165) is 11.8 Å². The first kappa shape index (κ1) is 12.0. The van der Waals surface area contributed by atoms with Crippen molar-refractivity contribution in [3.05, 3.63) is 0 Å². The molecule has 0 bridgehead atoms. The lowest BCUT2D eigenvalue weighted by Crippen LogP contribution is -2.41. The summed E-state index contributed by atoms with van der Waals surface area (Å²) in [5.41, 5.74) is 6.26.